The molecule has 0 bridgehead atoms. The van der Waals surface area contributed by atoms with E-state index in [0.717, 1.165) is 6.92 Å². The van der Waals surface area contributed by atoms with Crippen molar-refractivity contribution in [1.29, 1.82) is 0 Å². The summed E-state index contributed by atoms with van der Waals surface area (Å²) in [5.74, 6) is -7.03. The standard InChI is InChI=1S/C27H31FN2O7/c1-10(2)30-8-14-15(9-30)22(32)19-13(20(14)28)6-12-7-16-21(29(4)5)24(34)17(11(3)31)25(35)27(16,37)26(36)18(12)23(19)33/h10,12,16,21,32,34,36-37H,6-9H2,1-5H3/t12-,16-,21-,27+/m0/s1. The van der Waals surface area contributed by atoms with Gasteiger partial charge >= 0.3 is 0 Å². The molecule has 0 saturated carbocycles. The maximum Gasteiger partial charge on any atom is 0.209 e. The monoisotopic (exact) mass is 514 g/mol. The summed E-state index contributed by atoms with van der Waals surface area (Å²) in [5, 5.41) is 45.0. The molecule has 0 saturated heterocycles. The van der Waals surface area contributed by atoms with Crippen molar-refractivity contribution in [1.82, 2.24) is 9.80 Å². The molecule has 4 atom stereocenters. The largest absolute Gasteiger partial charge is 0.510 e. The van der Waals surface area contributed by atoms with Gasteiger partial charge in [-0.1, -0.05) is 0 Å². The number of phenols is 1. The molecule has 5 rings (SSSR count). The number of halogens is 1. The lowest BCUT2D eigenvalue weighted by atomic mass is 9.58. The fraction of sp³-hybridized carbons (Fsp3) is 0.519. The zero-order valence-corrected chi connectivity index (χ0v) is 21.4. The zero-order chi connectivity index (χ0) is 27.3. The van der Waals surface area contributed by atoms with E-state index in [2.05, 4.69) is 0 Å². The smallest absolute Gasteiger partial charge is 0.209 e. The van der Waals surface area contributed by atoms with E-state index in [0.29, 0.717) is 17.7 Å². The van der Waals surface area contributed by atoms with Crippen LogP contribution < -0.4 is 0 Å². The maximum atomic E-state index is 15.8. The number of phenolic OH excluding ortho intramolecular Hbond substituents is 1. The van der Waals surface area contributed by atoms with Gasteiger partial charge in [0.25, 0.3) is 0 Å². The Labute approximate surface area is 213 Å². The van der Waals surface area contributed by atoms with Crippen molar-refractivity contribution >= 4 is 17.3 Å². The average molecular weight is 515 g/mol. The number of aliphatic hydroxyl groups excluding tert-OH is 2. The Morgan fingerprint density at radius 1 is 1.11 bits per heavy atom. The van der Waals surface area contributed by atoms with Crippen LogP contribution in [0.25, 0.3) is 0 Å². The van der Waals surface area contributed by atoms with Crippen molar-refractivity contribution in [3.63, 3.8) is 0 Å². The van der Waals surface area contributed by atoms with Gasteiger partial charge < -0.3 is 20.4 Å². The number of fused-ring (bicyclic) bond motifs is 4. The van der Waals surface area contributed by atoms with Gasteiger partial charge in [0.2, 0.25) is 5.78 Å². The number of benzene rings is 1. The van der Waals surface area contributed by atoms with E-state index in [4.69, 9.17) is 0 Å². The van der Waals surface area contributed by atoms with Gasteiger partial charge in [0.1, 0.15) is 28.7 Å². The van der Waals surface area contributed by atoms with Crippen LogP contribution in [0.1, 0.15) is 54.2 Å². The van der Waals surface area contributed by atoms with Gasteiger partial charge in [-0.05, 0) is 53.6 Å². The fourth-order valence-electron chi connectivity index (χ4n) is 6.71. The normalized spacial score (nSPS) is 29.6. The molecule has 0 aromatic heterocycles. The summed E-state index contributed by atoms with van der Waals surface area (Å²) in [4.78, 5) is 42.9. The van der Waals surface area contributed by atoms with Gasteiger partial charge in [-0.3, -0.25) is 24.2 Å². The van der Waals surface area contributed by atoms with Gasteiger partial charge in [-0.2, -0.15) is 0 Å². The number of hydrogen-bond donors (Lipinski definition) is 4. The van der Waals surface area contributed by atoms with Gasteiger partial charge in [-0.25, -0.2) is 4.39 Å². The van der Waals surface area contributed by atoms with Crippen molar-refractivity contribution in [2.45, 2.75) is 64.4 Å². The second-order valence-electron chi connectivity index (χ2n) is 11.1. The molecular formula is C27H31FN2O7. The summed E-state index contributed by atoms with van der Waals surface area (Å²) in [6.45, 7) is 5.51. The molecule has 4 aliphatic rings. The minimum atomic E-state index is -2.64. The summed E-state index contributed by atoms with van der Waals surface area (Å²) in [5.41, 5.74) is -3.10. The first-order valence-electron chi connectivity index (χ1n) is 12.4. The second kappa shape index (κ2) is 8.21. The summed E-state index contributed by atoms with van der Waals surface area (Å²) in [6.07, 6.45) is -0.0832. The van der Waals surface area contributed by atoms with Crippen LogP contribution in [0, 0.1) is 17.7 Å². The van der Waals surface area contributed by atoms with Gasteiger partial charge in [0.15, 0.2) is 17.2 Å². The van der Waals surface area contributed by atoms with Crippen molar-refractivity contribution < 1.29 is 39.2 Å². The lowest BCUT2D eigenvalue weighted by molar-refractivity contribution is -0.148. The molecule has 0 spiro atoms. The Morgan fingerprint density at radius 2 is 1.73 bits per heavy atom. The highest BCUT2D eigenvalue weighted by Crippen LogP contribution is 2.53. The van der Waals surface area contributed by atoms with Crippen molar-refractivity contribution in [3.8, 4) is 5.75 Å². The summed E-state index contributed by atoms with van der Waals surface area (Å²) < 4.78 is 15.8. The van der Waals surface area contributed by atoms with E-state index in [1.54, 1.807) is 14.1 Å². The first-order chi connectivity index (χ1) is 17.2. The summed E-state index contributed by atoms with van der Waals surface area (Å²) in [6, 6.07) is -0.935. The van der Waals surface area contributed by atoms with Crippen LogP contribution in [0.4, 0.5) is 4.39 Å². The number of Topliss-reactive ketones (excluding diaryl/α,β-unsaturated/α-hetero) is 3. The highest BCUT2D eigenvalue weighted by Gasteiger charge is 2.63. The lowest BCUT2D eigenvalue weighted by Crippen LogP contribution is -2.63. The van der Waals surface area contributed by atoms with Crippen molar-refractivity contribution in [2.75, 3.05) is 14.1 Å². The minimum absolute atomic E-state index is 0.0414. The van der Waals surface area contributed by atoms with Crippen LogP contribution in [0.15, 0.2) is 22.7 Å². The zero-order valence-electron chi connectivity index (χ0n) is 21.4. The summed E-state index contributed by atoms with van der Waals surface area (Å²) in [7, 11) is 3.18. The molecule has 0 amide bonds. The number of aromatic hydroxyl groups is 1. The highest BCUT2D eigenvalue weighted by molar-refractivity contribution is 6.25. The minimum Gasteiger partial charge on any atom is -0.510 e. The molecule has 1 heterocycles. The number of hydrogen-bond acceptors (Lipinski definition) is 9. The van der Waals surface area contributed by atoms with Crippen molar-refractivity contribution in [2.24, 2.45) is 11.8 Å². The molecule has 4 N–H and O–H groups in total. The highest BCUT2D eigenvalue weighted by atomic mass is 19.1. The molecule has 37 heavy (non-hydrogen) atoms. The number of carbonyl (C=O) groups excluding carboxylic acids is 3. The van der Waals surface area contributed by atoms with Gasteiger partial charge in [0.05, 0.1) is 11.6 Å². The Bertz CT molecular complexity index is 1340. The first-order valence-corrected chi connectivity index (χ1v) is 12.4. The first kappa shape index (κ1) is 25.6. The van der Waals surface area contributed by atoms with E-state index in [-0.39, 0.29) is 47.9 Å². The molecule has 9 nitrogen and oxygen atoms in total. The Hall–Kier alpha value is -3.08. The predicted octanol–water partition coefficient (Wildman–Crippen LogP) is 2.09. The number of nitrogens with zero attached hydrogens (tertiary/aromatic N) is 2. The SMILES string of the molecule is CC(=O)C1=C(O)[C@@H](N(C)C)[C@@H]2C[C@@H]3Cc4c(F)c5c(c(O)c4C(=O)C3=C(O)[C@]2(O)C1=O)CN(C(C)C)C5. The number of carbonyl (C=O) groups is 3. The van der Waals surface area contributed by atoms with Crippen LogP contribution in [0.3, 0.4) is 0 Å². The Kier molecular flexibility index (Phi) is 5.67. The average Bonchev–Trinajstić information content (AvgIpc) is 3.26. The third-order valence-electron chi connectivity index (χ3n) is 8.59. The molecule has 0 fully saturated rings. The van der Waals surface area contributed by atoms with Crippen LogP contribution in [-0.4, -0.2) is 79.4 Å². The van der Waals surface area contributed by atoms with Crippen LogP contribution in [-0.2, 0) is 29.1 Å². The fourth-order valence-corrected chi connectivity index (χ4v) is 6.71. The topological polar surface area (TPSA) is 139 Å². The predicted molar refractivity (Wildman–Crippen MR) is 130 cm³/mol. The number of likely N-dealkylation sites (N-methyl/N-ethyl adjacent to an activating group) is 1. The molecule has 10 heteroatoms. The van der Waals surface area contributed by atoms with E-state index in [1.165, 1.54) is 4.90 Å². The number of rotatable bonds is 3. The van der Waals surface area contributed by atoms with E-state index < -0.39 is 63.7 Å². The molecular weight excluding hydrogens is 483 g/mol. The third kappa shape index (κ3) is 3.22. The van der Waals surface area contributed by atoms with Crippen molar-refractivity contribution in [3.05, 3.63) is 50.7 Å². The third-order valence-corrected chi connectivity index (χ3v) is 8.59. The lowest BCUT2D eigenvalue weighted by Gasteiger charge is -2.50. The van der Waals surface area contributed by atoms with Crippen LogP contribution >= 0.6 is 0 Å². The molecule has 1 aliphatic heterocycles. The van der Waals surface area contributed by atoms with Gasteiger partial charge in [0, 0.05) is 47.3 Å². The second-order valence-corrected chi connectivity index (χ2v) is 11.1. The van der Waals surface area contributed by atoms with Crippen LogP contribution in [0.5, 0.6) is 5.75 Å². The Balaban J connectivity index is 1.70. The van der Waals surface area contributed by atoms with E-state index in [1.807, 2.05) is 18.7 Å². The van der Waals surface area contributed by atoms with Crippen LogP contribution in [0.2, 0.25) is 0 Å². The number of allylic oxidation sites excluding steroid dienone is 1. The molecule has 3 aliphatic carbocycles. The summed E-state index contributed by atoms with van der Waals surface area (Å²) >= 11 is 0. The quantitative estimate of drug-likeness (QED) is 0.447. The van der Waals surface area contributed by atoms with E-state index in [9.17, 15) is 34.8 Å². The maximum absolute atomic E-state index is 15.8. The molecule has 1 aromatic carbocycles. The number of ketones is 3. The van der Waals surface area contributed by atoms with Gasteiger partial charge in [-0.15, -0.1) is 0 Å². The number of aliphatic hydroxyl groups is 3. The Morgan fingerprint density at radius 3 is 2.30 bits per heavy atom. The molecule has 198 valence electrons. The molecule has 0 radical (unpaired) electrons. The van der Waals surface area contributed by atoms with E-state index >= 15 is 4.39 Å². The molecule has 1 aromatic rings. The molecule has 0 unspecified atom stereocenters.